The van der Waals surface area contributed by atoms with Crippen LogP contribution < -0.4 is 0 Å². The second-order valence-corrected chi connectivity index (χ2v) is 9.16. The van der Waals surface area contributed by atoms with Gasteiger partial charge in [0.05, 0.1) is 0 Å². The maximum absolute atomic E-state index is 11.7. The van der Waals surface area contributed by atoms with Crippen LogP contribution in [0.3, 0.4) is 0 Å². The molecular weight excluding hydrogens is 310 g/mol. The second kappa shape index (κ2) is 4.37. The number of aliphatic hydroxyl groups is 1. The highest BCUT2D eigenvalue weighted by Gasteiger charge is 2.71. The van der Waals surface area contributed by atoms with E-state index in [0.29, 0.717) is 6.42 Å². The van der Waals surface area contributed by atoms with E-state index in [2.05, 4.69) is 4.31 Å². The Labute approximate surface area is 117 Å². The molecule has 4 atom stereocenters. The zero-order valence-corrected chi connectivity index (χ0v) is 13.3. The number of fused-ring (bicyclic) bond motifs is 2. The fraction of sp³-hybridized carbons (Fsp3) is 1.00. The van der Waals surface area contributed by atoms with Gasteiger partial charge < -0.3 is 19.8 Å². The smallest absolute Gasteiger partial charge is 0.365 e. The molecule has 0 aromatic rings. The Morgan fingerprint density at radius 3 is 2.05 bits per heavy atom. The largest absolute Gasteiger partial charge is 0.483 e. The molecule has 8 nitrogen and oxygen atoms in total. The minimum Gasteiger partial charge on any atom is -0.365 e. The monoisotopic (exact) mass is 330 g/mol. The van der Waals surface area contributed by atoms with Crippen LogP contribution in [0.5, 0.6) is 0 Å². The van der Waals surface area contributed by atoms with Crippen molar-refractivity contribution in [1.29, 1.82) is 0 Å². The summed E-state index contributed by atoms with van der Waals surface area (Å²) in [5.74, 6) is -1.84. The van der Waals surface area contributed by atoms with Crippen LogP contribution in [0, 0.1) is 16.7 Å². The molecule has 2 fully saturated rings. The molecule has 2 aliphatic rings. The Morgan fingerprint density at radius 2 is 1.70 bits per heavy atom. The van der Waals surface area contributed by atoms with Gasteiger partial charge >= 0.3 is 15.6 Å². The topological polar surface area (TPSA) is 134 Å². The summed E-state index contributed by atoms with van der Waals surface area (Å²) in [7, 11) is -10.3. The molecule has 0 aromatic carbocycles. The highest BCUT2D eigenvalue weighted by Crippen LogP contribution is 2.73. The van der Waals surface area contributed by atoms with Crippen molar-refractivity contribution in [3.63, 3.8) is 0 Å². The van der Waals surface area contributed by atoms with Crippen molar-refractivity contribution >= 4 is 15.6 Å². The third kappa shape index (κ3) is 2.42. The van der Waals surface area contributed by atoms with Crippen LogP contribution in [0.1, 0.15) is 40.0 Å². The van der Waals surface area contributed by atoms with E-state index in [4.69, 9.17) is 14.3 Å². The standard InChI is InChI=1S/C10H20O8P2/c1-8(2)7-4-5-9(8,3)10(11,6-7)17-20(15,16)18-19(12,13)14/h7,11H,4-6H2,1-3H3,(H,15,16)(H2,12,13,14). The maximum atomic E-state index is 11.7. The van der Waals surface area contributed by atoms with Gasteiger partial charge in [0, 0.05) is 11.8 Å². The van der Waals surface area contributed by atoms with Gasteiger partial charge in [-0.2, -0.15) is 4.31 Å². The van der Waals surface area contributed by atoms with Crippen LogP contribution >= 0.6 is 15.6 Å². The van der Waals surface area contributed by atoms with Crippen molar-refractivity contribution in [3.8, 4) is 0 Å². The van der Waals surface area contributed by atoms with E-state index in [0.717, 1.165) is 6.42 Å². The quantitative estimate of drug-likeness (QED) is 0.452. The van der Waals surface area contributed by atoms with Crippen LogP contribution in [0.25, 0.3) is 0 Å². The molecule has 0 aromatic heterocycles. The molecule has 4 N–H and O–H groups in total. The Hall–Kier alpha value is 0.220. The lowest BCUT2D eigenvalue weighted by atomic mass is 9.68. The van der Waals surface area contributed by atoms with Gasteiger partial charge in [0.1, 0.15) is 0 Å². The third-order valence-electron chi connectivity index (χ3n) is 5.30. The minimum atomic E-state index is -5.19. The fourth-order valence-corrected chi connectivity index (χ4v) is 5.56. The maximum Gasteiger partial charge on any atom is 0.483 e. The van der Waals surface area contributed by atoms with E-state index in [9.17, 15) is 19.1 Å². The van der Waals surface area contributed by atoms with Crippen molar-refractivity contribution < 1.29 is 37.8 Å². The molecule has 2 saturated carbocycles. The molecule has 0 radical (unpaired) electrons. The van der Waals surface area contributed by atoms with Crippen molar-refractivity contribution in [1.82, 2.24) is 0 Å². The molecule has 0 amide bonds. The van der Waals surface area contributed by atoms with E-state index in [1.54, 1.807) is 6.92 Å². The van der Waals surface area contributed by atoms with E-state index in [1.807, 2.05) is 13.8 Å². The Bertz CT molecular complexity index is 513. The first kappa shape index (κ1) is 16.6. The first-order valence-electron chi connectivity index (χ1n) is 6.25. The molecule has 0 heterocycles. The lowest BCUT2D eigenvalue weighted by Gasteiger charge is -2.44. The summed E-state index contributed by atoms with van der Waals surface area (Å²) in [6.07, 6.45) is 1.59. The van der Waals surface area contributed by atoms with Gasteiger partial charge in [0.2, 0.25) is 0 Å². The van der Waals surface area contributed by atoms with Crippen molar-refractivity contribution in [2.75, 3.05) is 0 Å². The molecule has 118 valence electrons. The molecule has 0 spiro atoms. The van der Waals surface area contributed by atoms with Gasteiger partial charge in [0.15, 0.2) is 5.79 Å². The summed E-state index contributed by atoms with van der Waals surface area (Å²) in [4.78, 5) is 26.7. The third-order valence-corrected chi connectivity index (χ3v) is 7.51. The molecule has 2 rings (SSSR count). The normalized spacial score (nSPS) is 42.6. The zero-order valence-electron chi connectivity index (χ0n) is 11.5. The number of hydrogen-bond donors (Lipinski definition) is 4. The molecule has 2 aliphatic carbocycles. The predicted octanol–water partition coefficient (Wildman–Crippen LogP) is 1.75. The molecule has 2 bridgehead atoms. The van der Waals surface area contributed by atoms with E-state index in [1.165, 1.54) is 0 Å². The number of phosphoric acid groups is 2. The highest BCUT2D eigenvalue weighted by atomic mass is 31.3. The van der Waals surface area contributed by atoms with Gasteiger partial charge in [-0.1, -0.05) is 20.8 Å². The zero-order chi connectivity index (χ0) is 15.6. The summed E-state index contributed by atoms with van der Waals surface area (Å²) in [5, 5.41) is 10.6. The Kier molecular flexibility index (Phi) is 3.62. The molecule has 0 saturated heterocycles. The molecule has 4 unspecified atom stereocenters. The second-order valence-electron chi connectivity index (χ2n) is 6.41. The SMILES string of the molecule is CC1(C)C2CCC1(C)C(O)(OP(=O)(O)OP(=O)(O)O)C2. The minimum absolute atomic E-state index is 0.104. The first-order valence-corrected chi connectivity index (χ1v) is 9.28. The van der Waals surface area contributed by atoms with Crippen LogP contribution in [0.2, 0.25) is 0 Å². The van der Waals surface area contributed by atoms with Gasteiger partial charge in [0.25, 0.3) is 0 Å². The molecule has 10 heteroatoms. The summed E-state index contributed by atoms with van der Waals surface area (Å²) in [6.45, 7) is 5.63. The van der Waals surface area contributed by atoms with Gasteiger partial charge in [-0.3, -0.25) is 4.52 Å². The van der Waals surface area contributed by atoms with E-state index in [-0.39, 0.29) is 17.8 Å². The summed E-state index contributed by atoms with van der Waals surface area (Å²) in [5.41, 5.74) is -1.11. The predicted molar refractivity (Wildman–Crippen MR) is 68.2 cm³/mol. The van der Waals surface area contributed by atoms with Crippen molar-refractivity contribution in [2.24, 2.45) is 16.7 Å². The number of hydrogen-bond acceptors (Lipinski definition) is 5. The lowest BCUT2D eigenvalue weighted by molar-refractivity contribution is -0.229. The Balaban J connectivity index is 2.27. The van der Waals surface area contributed by atoms with E-state index < -0.39 is 26.8 Å². The lowest BCUT2D eigenvalue weighted by Crippen LogP contribution is -2.48. The van der Waals surface area contributed by atoms with Crippen LogP contribution in [-0.4, -0.2) is 25.6 Å². The highest BCUT2D eigenvalue weighted by molar-refractivity contribution is 7.60. The molecule has 0 aliphatic heterocycles. The average molecular weight is 330 g/mol. The summed E-state index contributed by atoms with van der Waals surface area (Å²) < 4.78 is 30.9. The first-order chi connectivity index (χ1) is 8.73. The van der Waals surface area contributed by atoms with E-state index >= 15 is 0 Å². The van der Waals surface area contributed by atoms with Gasteiger partial charge in [-0.15, -0.1) is 0 Å². The summed E-state index contributed by atoms with van der Waals surface area (Å²) >= 11 is 0. The van der Waals surface area contributed by atoms with Crippen molar-refractivity contribution in [3.05, 3.63) is 0 Å². The number of phosphoric ester groups is 1. The van der Waals surface area contributed by atoms with Crippen molar-refractivity contribution in [2.45, 2.75) is 45.8 Å². The molecular formula is C10H20O8P2. The number of rotatable bonds is 4. The average Bonchev–Trinajstić information content (AvgIpc) is 2.43. The Morgan fingerprint density at radius 1 is 1.15 bits per heavy atom. The van der Waals surface area contributed by atoms with Gasteiger partial charge in [-0.25, -0.2) is 9.13 Å². The van der Waals surface area contributed by atoms with Crippen LogP contribution in [0.15, 0.2) is 0 Å². The van der Waals surface area contributed by atoms with Crippen LogP contribution in [0.4, 0.5) is 0 Å². The van der Waals surface area contributed by atoms with Crippen LogP contribution in [-0.2, 0) is 18.0 Å². The van der Waals surface area contributed by atoms with Gasteiger partial charge in [-0.05, 0) is 24.2 Å². The fourth-order valence-electron chi connectivity index (χ4n) is 3.69. The molecule has 20 heavy (non-hydrogen) atoms. The summed E-state index contributed by atoms with van der Waals surface area (Å²) in [6, 6.07) is 0.